The SMILES string of the molecule is C/C(O)=C(/C(=O)OC(C)(C)C)C1=NC(=NC(=O)c2cccc(Cl)c2)c2ccccc21. The lowest BCUT2D eigenvalue weighted by molar-refractivity contribution is -0.149. The normalized spacial score (nSPS) is 15.4. The third kappa shape index (κ3) is 4.66. The summed E-state index contributed by atoms with van der Waals surface area (Å²) in [5.74, 6) is -1.32. The van der Waals surface area contributed by atoms with E-state index in [-0.39, 0.29) is 22.9 Å². The van der Waals surface area contributed by atoms with Crippen LogP contribution in [0.25, 0.3) is 0 Å². The Morgan fingerprint density at radius 3 is 2.33 bits per heavy atom. The quantitative estimate of drug-likeness (QED) is 0.431. The summed E-state index contributed by atoms with van der Waals surface area (Å²) in [6.07, 6.45) is 0. The summed E-state index contributed by atoms with van der Waals surface area (Å²) < 4.78 is 5.43. The van der Waals surface area contributed by atoms with E-state index >= 15 is 0 Å². The molecule has 0 spiro atoms. The van der Waals surface area contributed by atoms with Crippen molar-refractivity contribution in [3.63, 3.8) is 0 Å². The van der Waals surface area contributed by atoms with Gasteiger partial charge in [0, 0.05) is 21.7 Å². The highest BCUT2D eigenvalue weighted by atomic mass is 35.5. The lowest BCUT2D eigenvalue weighted by Gasteiger charge is -2.21. The van der Waals surface area contributed by atoms with Crippen molar-refractivity contribution in [2.75, 3.05) is 0 Å². The Morgan fingerprint density at radius 1 is 1.07 bits per heavy atom. The predicted molar refractivity (Wildman–Crippen MR) is 116 cm³/mol. The number of benzene rings is 2. The van der Waals surface area contributed by atoms with Crippen LogP contribution in [0, 0.1) is 0 Å². The Kier molecular flexibility index (Phi) is 5.89. The van der Waals surface area contributed by atoms with Crippen LogP contribution in [0.1, 0.15) is 49.2 Å². The van der Waals surface area contributed by atoms with Gasteiger partial charge in [-0.25, -0.2) is 9.79 Å². The second-order valence-corrected chi connectivity index (χ2v) is 8.16. The summed E-state index contributed by atoms with van der Waals surface area (Å²) in [6, 6.07) is 13.5. The van der Waals surface area contributed by atoms with Crippen LogP contribution in [0.4, 0.5) is 0 Å². The maximum absolute atomic E-state index is 12.7. The van der Waals surface area contributed by atoms with Crippen LogP contribution < -0.4 is 0 Å². The number of aliphatic imine (C=N–C) groups is 2. The third-order valence-corrected chi connectivity index (χ3v) is 4.36. The minimum Gasteiger partial charge on any atom is -0.512 e. The molecule has 154 valence electrons. The first kappa shape index (κ1) is 21.5. The molecular formula is C23H21ClN2O4. The highest BCUT2D eigenvalue weighted by Gasteiger charge is 2.32. The van der Waals surface area contributed by atoms with E-state index in [1.807, 2.05) is 0 Å². The molecule has 0 bridgehead atoms. The van der Waals surface area contributed by atoms with Crippen molar-refractivity contribution < 1.29 is 19.4 Å². The minimum atomic E-state index is -0.754. The van der Waals surface area contributed by atoms with Crippen LogP contribution in [-0.2, 0) is 9.53 Å². The van der Waals surface area contributed by atoms with E-state index in [2.05, 4.69) is 9.98 Å². The second kappa shape index (κ2) is 8.24. The number of rotatable bonds is 3. The first-order chi connectivity index (χ1) is 14.1. The first-order valence-corrected chi connectivity index (χ1v) is 9.65. The molecule has 0 atom stereocenters. The van der Waals surface area contributed by atoms with Gasteiger partial charge in [0.05, 0.1) is 5.71 Å². The van der Waals surface area contributed by atoms with Crippen molar-refractivity contribution in [1.29, 1.82) is 0 Å². The van der Waals surface area contributed by atoms with Crippen molar-refractivity contribution >= 4 is 35.0 Å². The topological polar surface area (TPSA) is 88.3 Å². The fourth-order valence-electron chi connectivity index (χ4n) is 2.91. The molecule has 7 heteroatoms. The number of ether oxygens (including phenoxy) is 1. The average Bonchev–Trinajstić information content (AvgIpc) is 2.98. The zero-order chi connectivity index (χ0) is 22.1. The molecule has 30 heavy (non-hydrogen) atoms. The molecule has 0 aliphatic carbocycles. The second-order valence-electron chi connectivity index (χ2n) is 7.72. The number of allylic oxidation sites excluding steroid dienone is 1. The van der Waals surface area contributed by atoms with Crippen molar-refractivity contribution in [2.45, 2.75) is 33.3 Å². The van der Waals surface area contributed by atoms with Crippen molar-refractivity contribution in [3.8, 4) is 0 Å². The fourth-order valence-corrected chi connectivity index (χ4v) is 3.10. The van der Waals surface area contributed by atoms with E-state index in [0.717, 1.165) is 0 Å². The molecule has 0 unspecified atom stereocenters. The van der Waals surface area contributed by atoms with Crippen LogP contribution in [-0.4, -0.2) is 34.1 Å². The smallest absolute Gasteiger partial charge is 0.344 e. The number of amidine groups is 1. The number of nitrogens with zero attached hydrogens (tertiary/aromatic N) is 2. The number of aliphatic hydroxyl groups excluding tert-OH is 1. The summed E-state index contributed by atoms with van der Waals surface area (Å²) in [4.78, 5) is 33.9. The Morgan fingerprint density at radius 2 is 1.73 bits per heavy atom. The molecule has 2 aromatic carbocycles. The molecule has 0 saturated heterocycles. The molecule has 1 amide bonds. The summed E-state index contributed by atoms with van der Waals surface area (Å²) >= 11 is 5.96. The zero-order valence-electron chi connectivity index (χ0n) is 17.1. The molecule has 0 radical (unpaired) electrons. The number of halogens is 1. The maximum atomic E-state index is 12.7. The van der Waals surface area contributed by atoms with Gasteiger partial charge in [0.1, 0.15) is 16.9 Å². The molecule has 1 heterocycles. The number of amides is 1. The molecule has 2 aromatic rings. The molecule has 6 nitrogen and oxygen atoms in total. The lowest BCUT2D eigenvalue weighted by Crippen LogP contribution is -2.28. The Bertz CT molecular complexity index is 1120. The van der Waals surface area contributed by atoms with Gasteiger partial charge in [-0.3, -0.25) is 4.79 Å². The Labute approximate surface area is 179 Å². The standard InChI is InChI=1S/C23H21ClN2O4/c1-13(27)18(22(29)30-23(2,3)4)19-16-10-5-6-11-17(16)20(25-19)26-21(28)14-8-7-9-15(24)12-14/h5-12,27H,1-4H3/b18-13-,26-20?. The van der Waals surface area contributed by atoms with E-state index < -0.39 is 17.5 Å². The van der Waals surface area contributed by atoms with E-state index in [9.17, 15) is 14.7 Å². The largest absolute Gasteiger partial charge is 0.512 e. The van der Waals surface area contributed by atoms with E-state index in [1.165, 1.54) is 13.0 Å². The monoisotopic (exact) mass is 424 g/mol. The average molecular weight is 425 g/mol. The predicted octanol–water partition coefficient (Wildman–Crippen LogP) is 4.90. The molecule has 1 N–H and O–H groups in total. The van der Waals surface area contributed by atoms with Crippen molar-refractivity contribution in [2.24, 2.45) is 9.98 Å². The number of fused-ring (bicyclic) bond motifs is 1. The van der Waals surface area contributed by atoms with Gasteiger partial charge in [-0.2, -0.15) is 4.99 Å². The molecule has 1 aliphatic heterocycles. The highest BCUT2D eigenvalue weighted by Crippen LogP contribution is 2.27. The van der Waals surface area contributed by atoms with Gasteiger partial charge in [-0.15, -0.1) is 0 Å². The van der Waals surface area contributed by atoms with Gasteiger partial charge in [-0.1, -0.05) is 41.9 Å². The minimum absolute atomic E-state index is 0.0715. The fraction of sp³-hybridized carbons (Fsp3) is 0.217. The van der Waals surface area contributed by atoms with E-state index in [1.54, 1.807) is 63.2 Å². The summed E-state index contributed by atoms with van der Waals surface area (Å²) in [5.41, 5.74) is 0.845. The number of carbonyl (C=O) groups is 2. The lowest BCUT2D eigenvalue weighted by atomic mass is 9.99. The van der Waals surface area contributed by atoms with Gasteiger partial charge in [0.2, 0.25) is 0 Å². The summed E-state index contributed by atoms with van der Waals surface area (Å²) in [5, 5.41) is 10.6. The number of carbonyl (C=O) groups excluding carboxylic acids is 2. The molecule has 3 rings (SSSR count). The van der Waals surface area contributed by atoms with Crippen molar-refractivity contribution in [3.05, 3.63) is 81.6 Å². The third-order valence-electron chi connectivity index (χ3n) is 4.12. The highest BCUT2D eigenvalue weighted by molar-refractivity contribution is 6.36. The Hall–Kier alpha value is -3.25. The van der Waals surface area contributed by atoms with Gasteiger partial charge in [0.15, 0.2) is 5.84 Å². The van der Waals surface area contributed by atoms with Crippen LogP contribution in [0.15, 0.2) is 69.8 Å². The number of aliphatic hydroxyl groups is 1. The summed E-state index contributed by atoms with van der Waals surface area (Å²) in [7, 11) is 0. The van der Waals surface area contributed by atoms with E-state index in [4.69, 9.17) is 16.3 Å². The Balaban J connectivity index is 2.08. The van der Waals surface area contributed by atoms with Crippen LogP contribution >= 0.6 is 11.6 Å². The molecule has 0 saturated carbocycles. The number of esters is 1. The number of hydrogen-bond acceptors (Lipinski definition) is 4. The number of hydrogen-bond donors (Lipinski definition) is 1. The molecule has 1 aliphatic rings. The van der Waals surface area contributed by atoms with Crippen LogP contribution in [0.5, 0.6) is 0 Å². The summed E-state index contributed by atoms with van der Waals surface area (Å²) in [6.45, 7) is 6.58. The zero-order valence-corrected chi connectivity index (χ0v) is 17.8. The van der Waals surface area contributed by atoms with Gasteiger partial charge in [-0.05, 0) is 45.9 Å². The van der Waals surface area contributed by atoms with E-state index in [0.29, 0.717) is 21.7 Å². The van der Waals surface area contributed by atoms with Gasteiger partial charge in [0.25, 0.3) is 5.91 Å². The van der Waals surface area contributed by atoms with Gasteiger partial charge >= 0.3 is 5.97 Å². The van der Waals surface area contributed by atoms with Gasteiger partial charge < -0.3 is 9.84 Å². The van der Waals surface area contributed by atoms with Crippen LogP contribution in [0.3, 0.4) is 0 Å². The molecule has 0 aromatic heterocycles. The van der Waals surface area contributed by atoms with Crippen molar-refractivity contribution in [1.82, 2.24) is 0 Å². The molecular weight excluding hydrogens is 404 g/mol. The van der Waals surface area contributed by atoms with Crippen LogP contribution in [0.2, 0.25) is 5.02 Å². The first-order valence-electron chi connectivity index (χ1n) is 9.27. The maximum Gasteiger partial charge on any atom is 0.344 e. The molecule has 0 fully saturated rings.